The Morgan fingerprint density at radius 3 is 2.59 bits per heavy atom. The monoisotopic (exact) mass is 397 g/mol. The van der Waals surface area contributed by atoms with Crippen LogP contribution in [0.4, 0.5) is 4.39 Å². The number of hydrogen-bond donors (Lipinski definition) is 1. The Kier molecular flexibility index (Phi) is 4.76. The van der Waals surface area contributed by atoms with E-state index in [1.807, 2.05) is 30.3 Å². The van der Waals surface area contributed by atoms with Crippen LogP contribution in [0.2, 0.25) is 0 Å². The maximum absolute atomic E-state index is 13.3. The highest BCUT2D eigenvalue weighted by Gasteiger charge is 2.56. The van der Waals surface area contributed by atoms with Crippen molar-refractivity contribution in [3.63, 3.8) is 0 Å². The molecule has 3 aliphatic heterocycles. The number of halogens is 1. The number of likely N-dealkylation sites (tertiary alicyclic amines) is 1. The molecule has 1 amide bonds. The zero-order valence-corrected chi connectivity index (χ0v) is 16.0. The zero-order valence-electron chi connectivity index (χ0n) is 16.0. The molecule has 0 aliphatic carbocycles. The number of carbonyl (C=O) groups is 1. The van der Waals surface area contributed by atoms with Gasteiger partial charge in [-0.25, -0.2) is 4.39 Å². The molecule has 6 heteroatoms. The van der Waals surface area contributed by atoms with Crippen molar-refractivity contribution in [3.8, 4) is 5.75 Å². The summed E-state index contributed by atoms with van der Waals surface area (Å²) < 4.78 is 25.1. The number of ether oxygens (including phenoxy) is 2. The summed E-state index contributed by atoms with van der Waals surface area (Å²) in [5.41, 5.74) is 1.03. The molecule has 3 fully saturated rings. The normalized spacial score (nSPS) is 32.8. The van der Waals surface area contributed by atoms with Gasteiger partial charge in [-0.3, -0.25) is 4.79 Å². The van der Waals surface area contributed by atoms with Crippen LogP contribution in [-0.2, 0) is 9.53 Å². The first-order valence-corrected chi connectivity index (χ1v) is 10.1. The van der Waals surface area contributed by atoms with Gasteiger partial charge in [0.2, 0.25) is 0 Å². The fourth-order valence-corrected chi connectivity index (χ4v) is 5.19. The van der Waals surface area contributed by atoms with Gasteiger partial charge in [0.05, 0.1) is 18.3 Å². The highest BCUT2D eigenvalue weighted by molar-refractivity contribution is 5.78. The molecule has 5 nitrogen and oxygen atoms in total. The average Bonchev–Trinajstić information content (AvgIpc) is 3.36. The number of aliphatic hydroxyl groups is 1. The van der Waals surface area contributed by atoms with Crippen LogP contribution in [0.1, 0.15) is 17.9 Å². The molecule has 2 bridgehead atoms. The smallest absolute Gasteiger partial charge is 0.260 e. The molecule has 5 rings (SSSR count). The molecule has 1 N–H and O–H groups in total. The van der Waals surface area contributed by atoms with E-state index in [1.165, 1.54) is 12.1 Å². The van der Waals surface area contributed by atoms with E-state index in [0.29, 0.717) is 18.8 Å². The van der Waals surface area contributed by atoms with Crippen LogP contribution in [0.25, 0.3) is 0 Å². The maximum Gasteiger partial charge on any atom is 0.260 e. The number of amides is 1. The van der Waals surface area contributed by atoms with Gasteiger partial charge >= 0.3 is 0 Å². The van der Waals surface area contributed by atoms with E-state index in [9.17, 15) is 14.3 Å². The van der Waals surface area contributed by atoms with E-state index >= 15 is 0 Å². The van der Waals surface area contributed by atoms with E-state index in [-0.39, 0.29) is 48.3 Å². The summed E-state index contributed by atoms with van der Waals surface area (Å²) in [5.74, 6) is 0.510. The first-order valence-electron chi connectivity index (χ1n) is 10.1. The summed E-state index contributed by atoms with van der Waals surface area (Å²) in [6.45, 7) is 1.05. The third-order valence-corrected chi connectivity index (χ3v) is 6.63. The van der Waals surface area contributed by atoms with Gasteiger partial charge in [-0.1, -0.05) is 30.3 Å². The lowest BCUT2D eigenvalue weighted by atomic mass is 9.81. The van der Waals surface area contributed by atoms with Crippen molar-refractivity contribution in [2.24, 2.45) is 11.8 Å². The van der Waals surface area contributed by atoms with E-state index in [0.717, 1.165) is 12.0 Å². The van der Waals surface area contributed by atoms with Crippen molar-refractivity contribution in [1.82, 2.24) is 4.90 Å². The third kappa shape index (κ3) is 3.40. The number of hydrogen-bond acceptors (Lipinski definition) is 4. The van der Waals surface area contributed by atoms with Gasteiger partial charge < -0.3 is 19.5 Å². The summed E-state index contributed by atoms with van der Waals surface area (Å²) in [5, 5.41) is 10.8. The third-order valence-electron chi connectivity index (χ3n) is 6.63. The van der Waals surface area contributed by atoms with Crippen molar-refractivity contribution in [2.75, 3.05) is 19.7 Å². The molecule has 3 aliphatic rings. The van der Waals surface area contributed by atoms with Crippen molar-refractivity contribution < 1.29 is 23.8 Å². The molecule has 2 aromatic carbocycles. The van der Waals surface area contributed by atoms with Crippen molar-refractivity contribution in [2.45, 2.75) is 30.7 Å². The Morgan fingerprint density at radius 1 is 1.10 bits per heavy atom. The quantitative estimate of drug-likeness (QED) is 0.862. The number of fused-ring (bicyclic) bond motifs is 4. The summed E-state index contributed by atoms with van der Waals surface area (Å²) >= 11 is 0. The van der Waals surface area contributed by atoms with Crippen LogP contribution in [0.5, 0.6) is 5.75 Å². The van der Waals surface area contributed by atoms with E-state index in [4.69, 9.17) is 9.47 Å². The first kappa shape index (κ1) is 18.6. The fraction of sp³-hybridized carbons (Fsp3) is 0.435. The molecule has 0 radical (unpaired) electrons. The van der Waals surface area contributed by atoms with Gasteiger partial charge in [0.15, 0.2) is 6.61 Å². The largest absolute Gasteiger partial charge is 0.484 e. The Bertz CT molecular complexity index is 874. The maximum atomic E-state index is 13.3. The van der Waals surface area contributed by atoms with Crippen molar-refractivity contribution in [3.05, 3.63) is 66.0 Å². The predicted octanol–water partition coefficient (Wildman–Crippen LogP) is 2.59. The minimum absolute atomic E-state index is 0.00451. The van der Waals surface area contributed by atoms with Crippen molar-refractivity contribution >= 4 is 5.91 Å². The lowest BCUT2D eigenvalue weighted by molar-refractivity contribution is -0.132. The van der Waals surface area contributed by atoms with E-state index in [1.54, 1.807) is 17.0 Å². The molecule has 6 atom stereocenters. The van der Waals surface area contributed by atoms with Crippen LogP contribution in [0, 0.1) is 17.7 Å². The predicted molar refractivity (Wildman–Crippen MR) is 104 cm³/mol. The number of carbonyl (C=O) groups excluding carboxylic acids is 1. The zero-order chi connectivity index (χ0) is 20.0. The number of nitrogens with zero attached hydrogens (tertiary/aromatic N) is 1. The number of benzene rings is 2. The van der Waals surface area contributed by atoms with Gasteiger partial charge in [-0.05, 0) is 36.2 Å². The average molecular weight is 397 g/mol. The molecule has 3 saturated heterocycles. The Labute approximate surface area is 169 Å². The van der Waals surface area contributed by atoms with Crippen molar-refractivity contribution in [1.29, 1.82) is 0 Å². The summed E-state index contributed by atoms with van der Waals surface area (Å²) in [6, 6.07) is 15.8. The molecule has 0 aromatic heterocycles. The molecule has 152 valence electrons. The van der Waals surface area contributed by atoms with Crippen LogP contribution in [0.15, 0.2) is 54.6 Å². The highest BCUT2D eigenvalue weighted by Crippen LogP contribution is 2.50. The SMILES string of the molecule is O=C(COc1ccccc1)N1C[C@H]2[C@H](O)[C@@H]3C[C@H](c4ccc(F)cc4)[C@@H](O3)[C@H]2C1. The highest BCUT2D eigenvalue weighted by atomic mass is 19.1. The van der Waals surface area contributed by atoms with E-state index < -0.39 is 6.10 Å². The molecular weight excluding hydrogens is 373 g/mol. The second-order valence-corrected chi connectivity index (χ2v) is 8.25. The first-order chi connectivity index (χ1) is 14.1. The second-order valence-electron chi connectivity index (χ2n) is 8.25. The minimum atomic E-state index is -0.588. The van der Waals surface area contributed by atoms with E-state index in [2.05, 4.69) is 0 Å². The van der Waals surface area contributed by atoms with Gasteiger partial charge in [-0.15, -0.1) is 0 Å². The van der Waals surface area contributed by atoms with Gasteiger partial charge in [0.25, 0.3) is 5.91 Å². The van der Waals surface area contributed by atoms with Gasteiger partial charge in [0, 0.05) is 30.8 Å². The molecule has 0 unspecified atom stereocenters. The summed E-state index contributed by atoms with van der Waals surface area (Å²) in [7, 11) is 0. The summed E-state index contributed by atoms with van der Waals surface area (Å²) in [4.78, 5) is 14.5. The molecule has 3 heterocycles. The standard InChI is InChI=1S/C23H24FNO4/c24-15-8-6-14(7-9-15)17-10-20-22(27)18-11-25(12-19(18)23(17)29-20)21(26)13-28-16-4-2-1-3-5-16/h1-9,17-20,22-23,27H,10-13H2/t17-,18-,19+,20+,22+,23-/m1/s1. The van der Waals surface area contributed by atoms with Gasteiger partial charge in [-0.2, -0.15) is 0 Å². The molecule has 0 spiro atoms. The van der Waals surface area contributed by atoms with Gasteiger partial charge in [0.1, 0.15) is 11.6 Å². The topological polar surface area (TPSA) is 59.0 Å². The number of rotatable bonds is 4. The number of para-hydroxylation sites is 1. The van der Waals surface area contributed by atoms with Crippen LogP contribution < -0.4 is 4.74 Å². The Hall–Kier alpha value is -2.44. The lowest BCUT2D eigenvalue weighted by Crippen LogP contribution is -2.46. The molecule has 0 saturated carbocycles. The van der Waals surface area contributed by atoms with Crippen LogP contribution in [-0.4, -0.2) is 53.9 Å². The minimum Gasteiger partial charge on any atom is -0.484 e. The summed E-state index contributed by atoms with van der Waals surface area (Å²) in [6.07, 6.45) is -0.150. The molecular formula is C23H24FNO4. The molecule has 2 aromatic rings. The Balaban J connectivity index is 1.29. The fourth-order valence-electron chi connectivity index (χ4n) is 5.19. The van der Waals surface area contributed by atoms with Crippen LogP contribution in [0.3, 0.4) is 0 Å². The lowest BCUT2D eigenvalue weighted by Gasteiger charge is -2.36. The number of aliphatic hydroxyl groups excluding tert-OH is 1. The second kappa shape index (κ2) is 7.43. The molecule has 29 heavy (non-hydrogen) atoms. The van der Waals surface area contributed by atoms with Crippen LogP contribution >= 0.6 is 0 Å². The Morgan fingerprint density at radius 2 is 1.83 bits per heavy atom.